The topological polar surface area (TPSA) is 154 Å². The molecule has 14 nitrogen and oxygen atoms in total. The third-order valence-corrected chi connectivity index (χ3v) is 15.6. The van der Waals surface area contributed by atoms with Crippen molar-refractivity contribution in [2.24, 2.45) is 0 Å². The molecule has 0 saturated carbocycles. The lowest BCUT2D eigenvalue weighted by molar-refractivity contribution is -0.126. The van der Waals surface area contributed by atoms with Crippen LogP contribution in [0, 0.1) is 11.6 Å². The molecule has 4 fully saturated rings. The Balaban J connectivity index is 0.711. The Morgan fingerprint density at radius 3 is 2.33 bits per heavy atom. The zero-order valence-electron chi connectivity index (χ0n) is 36.9. The van der Waals surface area contributed by atoms with Crippen molar-refractivity contribution in [3.8, 4) is 11.1 Å². The van der Waals surface area contributed by atoms with Crippen LogP contribution in [-0.2, 0) is 21.5 Å². The Morgan fingerprint density at radius 1 is 0.866 bits per heavy atom. The van der Waals surface area contributed by atoms with Gasteiger partial charge in [0.25, 0.3) is 5.91 Å². The molecule has 3 aromatic carbocycles. The van der Waals surface area contributed by atoms with Gasteiger partial charge in [-0.25, -0.2) is 18.2 Å². The van der Waals surface area contributed by atoms with Crippen LogP contribution in [0.5, 0.6) is 0 Å². The van der Waals surface area contributed by atoms with Crippen molar-refractivity contribution in [1.82, 2.24) is 34.3 Å². The number of piperidine rings is 2. The summed E-state index contributed by atoms with van der Waals surface area (Å²) in [5.74, 6) is -3.34. The number of H-pyrrole nitrogens is 1. The van der Waals surface area contributed by atoms with Gasteiger partial charge in [0.05, 0.1) is 11.3 Å². The number of nitrogens with one attached hydrogen (secondary N) is 3. The molecule has 2 aromatic heterocycles. The number of aromatic nitrogens is 2. The van der Waals surface area contributed by atoms with Crippen molar-refractivity contribution in [2.45, 2.75) is 56.8 Å². The van der Waals surface area contributed by atoms with Crippen LogP contribution >= 0.6 is 0 Å². The van der Waals surface area contributed by atoms with Gasteiger partial charge in [0, 0.05) is 105 Å². The van der Waals surface area contributed by atoms with E-state index in [0.717, 1.165) is 98.5 Å². The Labute approximate surface area is 387 Å². The first-order valence-corrected chi connectivity index (χ1v) is 24.4. The third-order valence-electron chi connectivity index (χ3n) is 14.2. The number of fused-ring (bicyclic) bond motifs is 2. The number of likely N-dealkylation sites (tertiary alicyclic amines) is 1. The third kappa shape index (κ3) is 8.94. The van der Waals surface area contributed by atoms with Crippen molar-refractivity contribution in [2.75, 3.05) is 75.1 Å². The van der Waals surface area contributed by atoms with Crippen LogP contribution in [-0.4, -0.2) is 133 Å². The number of ketones is 1. The zero-order valence-corrected chi connectivity index (χ0v) is 37.8. The van der Waals surface area contributed by atoms with Crippen LogP contribution in [0.25, 0.3) is 22.2 Å². The molecule has 2 amide bonds. The fourth-order valence-corrected chi connectivity index (χ4v) is 11.5. The van der Waals surface area contributed by atoms with Crippen molar-refractivity contribution in [3.05, 3.63) is 125 Å². The molecule has 4 saturated heterocycles. The smallest absolute Gasteiger partial charge is 0.301 e. The van der Waals surface area contributed by atoms with E-state index in [0.29, 0.717) is 53.2 Å². The summed E-state index contributed by atoms with van der Waals surface area (Å²) < 4.78 is 73.2. The summed E-state index contributed by atoms with van der Waals surface area (Å²) in [7, 11) is -4.35. The molecule has 18 heteroatoms. The molecule has 67 heavy (non-hydrogen) atoms. The summed E-state index contributed by atoms with van der Waals surface area (Å²) in [5.41, 5.74) is 5.05. The molecule has 5 aliphatic heterocycles. The van der Waals surface area contributed by atoms with Gasteiger partial charge in [0.15, 0.2) is 5.82 Å². The fourth-order valence-electron chi connectivity index (χ4n) is 10.2. The number of benzene rings is 3. The van der Waals surface area contributed by atoms with E-state index >= 15 is 8.78 Å². The maximum atomic E-state index is 15.8. The van der Waals surface area contributed by atoms with E-state index in [1.807, 2.05) is 29.0 Å². The van der Waals surface area contributed by atoms with Gasteiger partial charge in [-0.3, -0.25) is 24.0 Å². The van der Waals surface area contributed by atoms with E-state index in [-0.39, 0.29) is 36.9 Å². The number of piperazine rings is 1. The van der Waals surface area contributed by atoms with E-state index in [1.54, 1.807) is 17.2 Å². The average Bonchev–Trinajstić information content (AvgIpc) is 4.06. The van der Waals surface area contributed by atoms with Gasteiger partial charge in [-0.1, -0.05) is 30.8 Å². The number of rotatable bonds is 12. The first kappa shape index (κ1) is 44.7. The summed E-state index contributed by atoms with van der Waals surface area (Å²) >= 11 is 0. The minimum Gasteiger partial charge on any atom is -0.369 e. The molecule has 1 unspecified atom stereocenters. The van der Waals surface area contributed by atoms with E-state index in [2.05, 4.69) is 54.8 Å². The van der Waals surface area contributed by atoms with Crippen LogP contribution in [0.3, 0.4) is 0 Å². The second-order valence-corrected chi connectivity index (χ2v) is 19.9. The molecule has 10 rings (SSSR count). The second-order valence-electron chi connectivity index (χ2n) is 18.3. The highest BCUT2D eigenvalue weighted by Gasteiger charge is 2.39. The summed E-state index contributed by atoms with van der Waals surface area (Å²) in [6.07, 6.45) is 5.01. The average molecular weight is 936 g/mol. The molecule has 0 aliphatic carbocycles. The molecule has 0 spiro atoms. The summed E-state index contributed by atoms with van der Waals surface area (Å²) in [6, 6.07) is 17.3. The standard InChI is InChI=1S/C49H52F3N9O5S/c1-30-2-11-43(48(63)55-30)61-28-35-24-37(7-8-38(35)49(61)64)59-22-20-58(21-23-59)19-18-57-15-12-33(13-16-57)31-3-5-32(6-4-31)34-25-39-40(27-54-47(39)53-26-34)46(62)44-41(51)9-10-42(45(44)52)56-67(65,66)60-17-14-36(50)29-60/h3-10,24-27,33,36,43,56H,1-2,11-23,28-29H2,(H,53,54)(H,55,63)/t36-,43?/m1/s1. The number of anilines is 2. The van der Waals surface area contributed by atoms with Crippen LogP contribution in [0.4, 0.5) is 24.5 Å². The van der Waals surface area contributed by atoms with E-state index in [9.17, 15) is 27.2 Å². The normalized spacial score (nSPS) is 21.3. The van der Waals surface area contributed by atoms with Gasteiger partial charge >= 0.3 is 10.2 Å². The molecule has 0 radical (unpaired) electrons. The highest BCUT2D eigenvalue weighted by atomic mass is 32.2. The molecule has 2 atom stereocenters. The van der Waals surface area contributed by atoms with Crippen molar-refractivity contribution in [3.63, 3.8) is 0 Å². The molecule has 7 heterocycles. The lowest BCUT2D eigenvalue weighted by Gasteiger charge is -2.38. The predicted molar refractivity (Wildman–Crippen MR) is 249 cm³/mol. The van der Waals surface area contributed by atoms with Gasteiger partial charge in [-0.15, -0.1) is 0 Å². The number of hydrogen-bond donors (Lipinski definition) is 3. The maximum absolute atomic E-state index is 15.8. The SMILES string of the molecule is C=C1CCC(N2Cc3cc(N4CCN(CCN5CCC(c6ccc(-c7cnc8[nH]cc(C(=O)c9c(F)ccc(NS(=O)(=O)N%10CC[C@@H](F)C%10)c9F)c8c7)cc6)CC5)CC4)ccc3C2=O)C(=O)N1. The number of allylic oxidation sites excluding steroid dienone is 1. The van der Waals surface area contributed by atoms with E-state index < -0.39 is 51.1 Å². The van der Waals surface area contributed by atoms with Crippen LogP contribution in [0.1, 0.15) is 75.4 Å². The summed E-state index contributed by atoms with van der Waals surface area (Å²) in [6.45, 7) is 11.6. The second kappa shape index (κ2) is 18.2. The number of alkyl halides is 1. The minimum absolute atomic E-state index is 0.00836. The highest BCUT2D eigenvalue weighted by molar-refractivity contribution is 7.90. The number of carbonyl (C=O) groups is 3. The van der Waals surface area contributed by atoms with Crippen molar-refractivity contribution >= 4 is 50.2 Å². The van der Waals surface area contributed by atoms with Gasteiger partial charge in [0.1, 0.15) is 23.7 Å². The number of hydrogen-bond acceptors (Lipinski definition) is 9. The Kier molecular flexibility index (Phi) is 12.2. The largest absolute Gasteiger partial charge is 0.369 e. The van der Waals surface area contributed by atoms with E-state index in [4.69, 9.17) is 0 Å². The lowest BCUT2D eigenvalue weighted by Crippen LogP contribution is -2.49. The van der Waals surface area contributed by atoms with Crippen LogP contribution < -0.4 is 14.9 Å². The summed E-state index contributed by atoms with van der Waals surface area (Å²) in [5, 5.41) is 3.16. The quantitative estimate of drug-likeness (QED) is 0.124. The van der Waals surface area contributed by atoms with Crippen molar-refractivity contribution < 1.29 is 36.0 Å². The first-order chi connectivity index (χ1) is 32.3. The molecule has 350 valence electrons. The predicted octanol–water partition coefficient (Wildman–Crippen LogP) is 6.19. The lowest BCUT2D eigenvalue weighted by atomic mass is 9.88. The number of aromatic amines is 1. The van der Waals surface area contributed by atoms with Gasteiger partial charge in [-0.2, -0.15) is 12.7 Å². The number of amides is 2. The Hall–Kier alpha value is -6.08. The molecular weight excluding hydrogens is 884 g/mol. The monoisotopic (exact) mass is 935 g/mol. The number of halogens is 3. The minimum atomic E-state index is -4.35. The number of pyridine rings is 1. The van der Waals surface area contributed by atoms with E-state index in [1.165, 1.54) is 11.8 Å². The number of carbonyl (C=O) groups excluding carboxylic acids is 3. The van der Waals surface area contributed by atoms with Gasteiger partial charge in [0.2, 0.25) is 11.7 Å². The highest BCUT2D eigenvalue weighted by Crippen LogP contribution is 2.35. The Morgan fingerprint density at radius 2 is 1.61 bits per heavy atom. The molecular formula is C49H52F3N9O5S. The molecule has 5 aromatic rings. The fraction of sp³-hybridized carbons (Fsp3) is 0.388. The number of nitrogens with zero attached hydrogens (tertiary/aromatic N) is 6. The molecule has 0 bridgehead atoms. The van der Waals surface area contributed by atoms with Gasteiger partial charge in [-0.05, 0) is 104 Å². The van der Waals surface area contributed by atoms with Crippen LogP contribution in [0.15, 0.2) is 85.3 Å². The molecule has 5 aliphatic rings. The van der Waals surface area contributed by atoms with Crippen molar-refractivity contribution in [1.29, 1.82) is 0 Å². The zero-order chi connectivity index (χ0) is 46.6. The first-order valence-electron chi connectivity index (χ1n) is 22.9. The van der Waals surface area contributed by atoms with Crippen LogP contribution in [0.2, 0.25) is 0 Å². The van der Waals surface area contributed by atoms with Gasteiger partial charge < -0.3 is 25.0 Å². The molecule has 3 N–H and O–H groups in total. The summed E-state index contributed by atoms with van der Waals surface area (Å²) in [4.78, 5) is 56.1. The Bertz CT molecular complexity index is 2880. The maximum Gasteiger partial charge on any atom is 0.301 e.